The lowest BCUT2D eigenvalue weighted by molar-refractivity contribution is -0.133. The fourth-order valence-electron chi connectivity index (χ4n) is 3.97. The second-order valence-electron chi connectivity index (χ2n) is 7.55. The predicted octanol–water partition coefficient (Wildman–Crippen LogP) is 2.94. The summed E-state index contributed by atoms with van der Waals surface area (Å²) in [4.78, 5) is 41.5. The van der Waals surface area contributed by atoms with Gasteiger partial charge >= 0.3 is 6.03 Å². The Morgan fingerprint density at radius 2 is 1.83 bits per heavy atom. The molecule has 4 amide bonds. The molecule has 2 aromatic rings. The summed E-state index contributed by atoms with van der Waals surface area (Å²) in [5.74, 6) is -0.545. The van der Waals surface area contributed by atoms with Crippen LogP contribution >= 0.6 is 11.6 Å². The number of hydrogen-bond acceptors (Lipinski definition) is 4. The number of nitrogens with zero attached hydrogens (tertiary/aromatic N) is 3. The molecular formula is C22H19ClN4O3. The number of halogens is 1. The third-order valence-corrected chi connectivity index (χ3v) is 5.79. The van der Waals surface area contributed by atoms with Gasteiger partial charge in [0.15, 0.2) is 0 Å². The number of amides is 4. The molecule has 0 radical (unpaired) electrons. The first-order valence-corrected chi connectivity index (χ1v) is 9.98. The summed E-state index contributed by atoms with van der Waals surface area (Å²) in [6.45, 7) is 0.765. The highest BCUT2D eigenvalue weighted by Crippen LogP contribution is 2.30. The number of nitriles is 1. The van der Waals surface area contributed by atoms with Crippen molar-refractivity contribution in [1.82, 2.24) is 15.1 Å². The van der Waals surface area contributed by atoms with Gasteiger partial charge in [0.2, 0.25) is 0 Å². The Hall–Kier alpha value is -3.37. The second-order valence-corrected chi connectivity index (χ2v) is 7.99. The van der Waals surface area contributed by atoms with Gasteiger partial charge in [-0.25, -0.2) is 4.79 Å². The molecule has 0 aromatic heterocycles. The molecule has 0 aliphatic carbocycles. The van der Waals surface area contributed by atoms with E-state index in [9.17, 15) is 14.4 Å². The Bertz CT molecular complexity index is 1050. The lowest BCUT2D eigenvalue weighted by Crippen LogP contribution is -2.59. The van der Waals surface area contributed by atoms with E-state index in [0.29, 0.717) is 35.5 Å². The number of imide groups is 1. The monoisotopic (exact) mass is 422 g/mol. The maximum absolute atomic E-state index is 13.2. The van der Waals surface area contributed by atoms with Gasteiger partial charge in [-0.2, -0.15) is 5.26 Å². The van der Waals surface area contributed by atoms with Crippen LogP contribution in [0.15, 0.2) is 48.5 Å². The first kappa shape index (κ1) is 19.9. The SMILES string of the molecule is N#Cc1ccc(C(=O)N2CCCC3(C2)NC(=O)N(Cc2ccc(Cl)cc2)C3=O)cc1. The number of hydrogen-bond donors (Lipinski definition) is 1. The number of carbonyl (C=O) groups is 3. The molecule has 1 N–H and O–H groups in total. The summed E-state index contributed by atoms with van der Waals surface area (Å²) in [7, 11) is 0. The molecule has 0 saturated carbocycles. The molecule has 1 spiro atoms. The topological polar surface area (TPSA) is 93.5 Å². The number of urea groups is 1. The van der Waals surface area contributed by atoms with Gasteiger partial charge in [0, 0.05) is 17.1 Å². The van der Waals surface area contributed by atoms with E-state index in [1.54, 1.807) is 53.4 Å². The minimum atomic E-state index is -1.11. The van der Waals surface area contributed by atoms with Crippen LogP contribution in [0.1, 0.15) is 34.3 Å². The average Bonchev–Trinajstić information content (AvgIpc) is 2.98. The van der Waals surface area contributed by atoms with Crippen LogP contribution in [0.4, 0.5) is 4.79 Å². The van der Waals surface area contributed by atoms with Gasteiger partial charge in [0.05, 0.1) is 24.7 Å². The molecule has 30 heavy (non-hydrogen) atoms. The van der Waals surface area contributed by atoms with Crippen LogP contribution < -0.4 is 5.32 Å². The highest BCUT2D eigenvalue weighted by Gasteiger charge is 2.53. The molecule has 7 nitrogen and oxygen atoms in total. The largest absolute Gasteiger partial charge is 0.336 e. The van der Waals surface area contributed by atoms with Gasteiger partial charge in [0.1, 0.15) is 5.54 Å². The van der Waals surface area contributed by atoms with E-state index in [-0.39, 0.29) is 24.9 Å². The molecule has 152 valence electrons. The van der Waals surface area contributed by atoms with Crippen LogP contribution in [-0.2, 0) is 11.3 Å². The minimum Gasteiger partial charge on any atom is -0.336 e. The first-order chi connectivity index (χ1) is 14.4. The Morgan fingerprint density at radius 1 is 1.13 bits per heavy atom. The van der Waals surface area contributed by atoms with Gasteiger partial charge in [-0.1, -0.05) is 23.7 Å². The Balaban J connectivity index is 1.51. The molecular weight excluding hydrogens is 404 g/mol. The van der Waals surface area contributed by atoms with Crippen molar-refractivity contribution in [2.24, 2.45) is 0 Å². The summed E-state index contributed by atoms with van der Waals surface area (Å²) in [5, 5.41) is 12.3. The molecule has 2 fully saturated rings. The number of rotatable bonds is 3. The van der Waals surface area contributed by atoms with Crippen molar-refractivity contribution in [3.05, 3.63) is 70.2 Å². The molecule has 0 bridgehead atoms. The van der Waals surface area contributed by atoms with Gasteiger partial charge in [-0.15, -0.1) is 0 Å². The standard InChI is InChI=1S/C22H19ClN4O3/c23-18-8-4-16(5-9-18)13-27-20(29)22(25-21(27)30)10-1-11-26(14-22)19(28)17-6-2-15(12-24)3-7-17/h2-9H,1,10-11,13-14H2,(H,25,30). The third-order valence-electron chi connectivity index (χ3n) is 5.54. The summed E-state index contributed by atoms with van der Waals surface area (Å²) in [6.07, 6.45) is 1.08. The lowest BCUT2D eigenvalue weighted by atomic mass is 9.88. The van der Waals surface area contributed by atoms with Crippen molar-refractivity contribution >= 4 is 29.4 Å². The molecule has 2 saturated heterocycles. The van der Waals surface area contributed by atoms with Crippen LogP contribution in [0.5, 0.6) is 0 Å². The van der Waals surface area contributed by atoms with E-state index in [0.717, 1.165) is 5.56 Å². The third kappa shape index (κ3) is 3.62. The highest BCUT2D eigenvalue weighted by atomic mass is 35.5. The zero-order valence-electron chi connectivity index (χ0n) is 16.1. The fraction of sp³-hybridized carbons (Fsp3) is 0.273. The average molecular weight is 423 g/mol. The van der Waals surface area contributed by atoms with Gasteiger partial charge < -0.3 is 10.2 Å². The van der Waals surface area contributed by atoms with Gasteiger partial charge in [0.25, 0.3) is 11.8 Å². The van der Waals surface area contributed by atoms with Crippen LogP contribution in [0.3, 0.4) is 0 Å². The van der Waals surface area contributed by atoms with Crippen molar-refractivity contribution in [1.29, 1.82) is 5.26 Å². The number of likely N-dealkylation sites (tertiary alicyclic amines) is 1. The van der Waals surface area contributed by atoms with Crippen molar-refractivity contribution in [2.75, 3.05) is 13.1 Å². The van der Waals surface area contributed by atoms with E-state index < -0.39 is 11.6 Å². The van der Waals surface area contributed by atoms with Crippen molar-refractivity contribution < 1.29 is 14.4 Å². The Kier molecular flexibility index (Phi) is 5.18. The molecule has 4 rings (SSSR count). The quantitative estimate of drug-likeness (QED) is 0.769. The van der Waals surface area contributed by atoms with Crippen molar-refractivity contribution in [3.63, 3.8) is 0 Å². The van der Waals surface area contributed by atoms with E-state index in [2.05, 4.69) is 5.32 Å². The fourth-order valence-corrected chi connectivity index (χ4v) is 4.09. The van der Waals surface area contributed by atoms with Crippen LogP contribution in [0.25, 0.3) is 0 Å². The molecule has 1 unspecified atom stereocenters. The van der Waals surface area contributed by atoms with E-state index in [1.165, 1.54) is 4.90 Å². The molecule has 2 heterocycles. The number of piperidine rings is 1. The Labute approximate surface area is 178 Å². The molecule has 2 aromatic carbocycles. The first-order valence-electron chi connectivity index (χ1n) is 9.60. The van der Waals surface area contributed by atoms with Crippen LogP contribution in [0, 0.1) is 11.3 Å². The number of nitrogens with one attached hydrogen (secondary N) is 1. The summed E-state index contributed by atoms with van der Waals surface area (Å²) < 4.78 is 0. The molecule has 8 heteroatoms. The van der Waals surface area contributed by atoms with Crippen LogP contribution in [-0.4, -0.2) is 46.3 Å². The van der Waals surface area contributed by atoms with E-state index in [1.807, 2.05) is 6.07 Å². The van der Waals surface area contributed by atoms with Crippen molar-refractivity contribution in [2.45, 2.75) is 24.9 Å². The maximum Gasteiger partial charge on any atom is 0.325 e. The second kappa shape index (κ2) is 7.81. The minimum absolute atomic E-state index is 0.119. The summed E-state index contributed by atoms with van der Waals surface area (Å²) in [5.41, 5.74) is 0.601. The van der Waals surface area contributed by atoms with E-state index >= 15 is 0 Å². The molecule has 2 aliphatic rings. The number of carbonyl (C=O) groups excluding carboxylic acids is 3. The zero-order valence-corrected chi connectivity index (χ0v) is 16.9. The summed E-state index contributed by atoms with van der Waals surface area (Å²) >= 11 is 5.90. The Morgan fingerprint density at radius 3 is 2.50 bits per heavy atom. The van der Waals surface area contributed by atoms with Crippen molar-refractivity contribution in [3.8, 4) is 6.07 Å². The van der Waals surface area contributed by atoms with Gasteiger partial charge in [-0.3, -0.25) is 14.5 Å². The zero-order chi connectivity index (χ0) is 21.3. The summed E-state index contributed by atoms with van der Waals surface area (Å²) in [6, 6.07) is 14.9. The highest BCUT2D eigenvalue weighted by molar-refractivity contribution is 6.30. The predicted molar refractivity (Wildman–Crippen MR) is 110 cm³/mol. The van der Waals surface area contributed by atoms with Gasteiger partial charge in [-0.05, 0) is 54.8 Å². The number of benzene rings is 2. The molecule has 1 atom stereocenters. The van der Waals surface area contributed by atoms with E-state index in [4.69, 9.17) is 16.9 Å². The normalized spacial score (nSPS) is 20.9. The maximum atomic E-state index is 13.2. The smallest absolute Gasteiger partial charge is 0.325 e. The van der Waals surface area contributed by atoms with Crippen LogP contribution in [0.2, 0.25) is 5.02 Å². The molecule has 2 aliphatic heterocycles. The lowest BCUT2D eigenvalue weighted by Gasteiger charge is -2.38.